The summed E-state index contributed by atoms with van der Waals surface area (Å²) < 4.78 is 0. The van der Waals surface area contributed by atoms with Crippen LogP contribution in [0.1, 0.15) is 61.5 Å². The van der Waals surface area contributed by atoms with E-state index in [9.17, 15) is 4.79 Å². The largest absolute Gasteiger partial charge is 0.293 e. The molecular weight excluding hydrogens is 246 g/mol. The lowest BCUT2D eigenvalue weighted by molar-refractivity contribution is 0.0894. The molecule has 0 aliphatic rings. The topological polar surface area (TPSA) is 20.3 Å². The van der Waals surface area contributed by atoms with E-state index in [2.05, 4.69) is 39.5 Å². The lowest BCUT2D eigenvalue weighted by Gasteiger charge is -2.27. The first-order valence-corrected chi connectivity index (χ1v) is 7.84. The normalized spacial score (nSPS) is 12.7. The van der Waals surface area contributed by atoms with E-state index in [-0.39, 0.29) is 5.78 Å². The smallest absolute Gasteiger partial charge is 0.176 e. The summed E-state index contributed by atoms with van der Waals surface area (Å²) in [6.45, 7) is 12.3. The van der Waals surface area contributed by atoms with Gasteiger partial charge in [-0.05, 0) is 57.4 Å². The Kier molecular flexibility index (Phi) is 6.94. The second-order valence-corrected chi connectivity index (χ2v) is 5.80. The summed E-state index contributed by atoms with van der Waals surface area (Å²) in [7, 11) is 0. The Morgan fingerprint density at radius 3 is 2.45 bits per heavy atom. The third-order valence-corrected chi connectivity index (χ3v) is 4.19. The molecule has 0 aromatic heterocycles. The van der Waals surface area contributed by atoms with Gasteiger partial charge in [0.05, 0.1) is 6.54 Å². The summed E-state index contributed by atoms with van der Waals surface area (Å²) in [6.07, 6.45) is 3.42. The van der Waals surface area contributed by atoms with E-state index in [0.717, 1.165) is 24.9 Å². The minimum absolute atomic E-state index is 0.240. The highest BCUT2D eigenvalue weighted by molar-refractivity contribution is 5.97. The summed E-state index contributed by atoms with van der Waals surface area (Å²) in [6, 6.07) is 6.49. The summed E-state index contributed by atoms with van der Waals surface area (Å²) in [5.74, 6) is 0.240. The number of ketones is 1. The average Bonchev–Trinajstić information content (AvgIpc) is 2.45. The molecule has 0 aliphatic heterocycles. The first-order valence-electron chi connectivity index (χ1n) is 7.84. The van der Waals surface area contributed by atoms with Crippen molar-refractivity contribution in [2.75, 3.05) is 13.1 Å². The summed E-state index contributed by atoms with van der Waals surface area (Å²) in [5, 5.41) is 0. The van der Waals surface area contributed by atoms with Crippen molar-refractivity contribution in [1.29, 1.82) is 0 Å². The summed E-state index contributed by atoms with van der Waals surface area (Å²) in [5.41, 5.74) is 3.28. The molecule has 0 bridgehead atoms. The standard InChI is InChI=1S/C18H29NO/c1-6-8-11-19(16(5)7-2)13-18(20)17-10-9-14(3)15(4)12-17/h9-10,12,16H,6-8,11,13H2,1-5H3. The second kappa shape index (κ2) is 8.21. The highest BCUT2D eigenvalue weighted by atomic mass is 16.1. The molecule has 2 nitrogen and oxygen atoms in total. The van der Waals surface area contributed by atoms with Crippen LogP contribution in [0.5, 0.6) is 0 Å². The Hall–Kier alpha value is -1.15. The molecular formula is C18H29NO. The number of hydrogen-bond acceptors (Lipinski definition) is 2. The van der Waals surface area contributed by atoms with Crippen LogP contribution in [0.4, 0.5) is 0 Å². The number of aryl methyl sites for hydroxylation is 2. The highest BCUT2D eigenvalue weighted by Crippen LogP contribution is 2.13. The number of carbonyl (C=O) groups excluding carboxylic acids is 1. The van der Waals surface area contributed by atoms with Gasteiger partial charge in [0, 0.05) is 11.6 Å². The minimum atomic E-state index is 0.240. The van der Waals surface area contributed by atoms with Gasteiger partial charge < -0.3 is 0 Å². The zero-order valence-corrected chi connectivity index (χ0v) is 13.7. The molecule has 1 aromatic carbocycles. The molecule has 0 aliphatic carbocycles. The summed E-state index contributed by atoms with van der Waals surface area (Å²) >= 11 is 0. The van der Waals surface area contributed by atoms with E-state index in [1.54, 1.807) is 0 Å². The first-order chi connectivity index (χ1) is 9.49. The molecule has 2 heteroatoms. The van der Waals surface area contributed by atoms with Crippen LogP contribution in [-0.2, 0) is 0 Å². The predicted octanol–water partition coefficient (Wildman–Crippen LogP) is 4.39. The fourth-order valence-electron chi connectivity index (χ4n) is 2.27. The van der Waals surface area contributed by atoms with E-state index in [0.29, 0.717) is 12.6 Å². The van der Waals surface area contributed by atoms with E-state index >= 15 is 0 Å². The number of unbranched alkanes of at least 4 members (excludes halogenated alkanes) is 1. The van der Waals surface area contributed by atoms with Gasteiger partial charge in [-0.3, -0.25) is 9.69 Å². The third-order valence-electron chi connectivity index (χ3n) is 4.19. The molecule has 1 rings (SSSR count). The van der Waals surface area contributed by atoms with Crippen molar-refractivity contribution in [2.45, 2.75) is 59.9 Å². The molecule has 0 fully saturated rings. The van der Waals surface area contributed by atoms with Crippen LogP contribution >= 0.6 is 0 Å². The fourth-order valence-corrected chi connectivity index (χ4v) is 2.27. The van der Waals surface area contributed by atoms with Crippen molar-refractivity contribution in [1.82, 2.24) is 4.90 Å². The number of benzene rings is 1. The van der Waals surface area contributed by atoms with Crippen molar-refractivity contribution in [3.05, 3.63) is 34.9 Å². The molecule has 0 spiro atoms. The zero-order chi connectivity index (χ0) is 15.1. The lowest BCUT2D eigenvalue weighted by atomic mass is 10.0. The molecule has 1 aromatic rings. The lowest BCUT2D eigenvalue weighted by Crippen LogP contribution is -2.37. The van der Waals surface area contributed by atoms with Crippen molar-refractivity contribution in [3.63, 3.8) is 0 Å². The van der Waals surface area contributed by atoms with Crippen LogP contribution < -0.4 is 0 Å². The van der Waals surface area contributed by atoms with Crippen LogP contribution in [-0.4, -0.2) is 29.8 Å². The van der Waals surface area contributed by atoms with Gasteiger partial charge >= 0.3 is 0 Å². The average molecular weight is 275 g/mol. The van der Waals surface area contributed by atoms with Gasteiger partial charge in [0.15, 0.2) is 5.78 Å². The van der Waals surface area contributed by atoms with Gasteiger partial charge in [0.25, 0.3) is 0 Å². The Bertz CT molecular complexity index is 439. The summed E-state index contributed by atoms with van der Waals surface area (Å²) in [4.78, 5) is 14.8. The van der Waals surface area contributed by atoms with E-state index in [1.807, 2.05) is 18.2 Å². The fraction of sp³-hybridized carbons (Fsp3) is 0.611. The molecule has 112 valence electrons. The number of hydrogen-bond donors (Lipinski definition) is 0. The maximum absolute atomic E-state index is 12.5. The molecule has 20 heavy (non-hydrogen) atoms. The van der Waals surface area contributed by atoms with Gasteiger partial charge in [0.2, 0.25) is 0 Å². The van der Waals surface area contributed by atoms with E-state index in [4.69, 9.17) is 0 Å². The van der Waals surface area contributed by atoms with E-state index < -0.39 is 0 Å². The van der Waals surface area contributed by atoms with Crippen LogP contribution in [0, 0.1) is 13.8 Å². The quantitative estimate of drug-likeness (QED) is 0.656. The van der Waals surface area contributed by atoms with E-state index in [1.165, 1.54) is 17.5 Å². The van der Waals surface area contributed by atoms with Gasteiger partial charge in [0.1, 0.15) is 0 Å². The maximum atomic E-state index is 12.5. The monoisotopic (exact) mass is 275 g/mol. The third kappa shape index (κ3) is 4.75. The SMILES string of the molecule is CCCCN(CC(=O)c1ccc(C)c(C)c1)C(C)CC. The molecule has 1 atom stereocenters. The molecule has 1 unspecified atom stereocenters. The van der Waals surface area contributed by atoms with Crippen LogP contribution in [0.25, 0.3) is 0 Å². The number of rotatable bonds is 8. The van der Waals surface area contributed by atoms with Crippen molar-refractivity contribution in [3.8, 4) is 0 Å². The van der Waals surface area contributed by atoms with Gasteiger partial charge in [-0.2, -0.15) is 0 Å². The molecule has 0 amide bonds. The molecule has 0 heterocycles. The Morgan fingerprint density at radius 2 is 1.90 bits per heavy atom. The zero-order valence-electron chi connectivity index (χ0n) is 13.7. The van der Waals surface area contributed by atoms with Gasteiger partial charge in [-0.1, -0.05) is 32.4 Å². The van der Waals surface area contributed by atoms with Gasteiger partial charge in [-0.15, -0.1) is 0 Å². The van der Waals surface area contributed by atoms with Crippen LogP contribution in [0.15, 0.2) is 18.2 Å². The Balaban J connectivity index is 2.76. The van der Waals surface area contributed by atoms with Crippen LogP contribution in [0.2, 0.25) is 0 Å². The predicted molar refractivity (Wildman–Crippen MR) is 86.5 cm³/mol. The Labute approximate surface area is 124 Å². The number of carbonyl (C=O) groups is 1. The highest BCUT2D eigenvalue weighted by Gasteiger charge is 2.16. The molecule has 0 N–H and O–H groups in total. The molecule has 0 radical (unpaired) electrons. The van der Waals surface area contributed by atoms with Crippen molar-refractivity contribution >= 4 is 5.78 Å². The molecule has 0 saturated heterocycles. The Morgan fingerprint density at radius 1 is 1.20 bits per heavy atom. The number of nitrogens with zero attached hydrogens (tertiary/aromatic N) is 1. The number of Topliss-reactive ketones (excluding diaryl/α,β-unsaturated/α-hetero) is 1. The maximum Gasteiger partial charge on any atom is 0.176 e. The minimum Gasteiger partial charge on any atom is -0.293 e. The first kappa shape index (κ1) is 16.9. The second-order valence-electron chi connectivity index (χ2n) is 5.80. The van der Waals surface area contributed by atoms with Crippen molar-refractivity contribution < 1.29 is 4.79 Å². The van der Waals surface area contributed by atoms with Gasteiger partial charge in [-0.25, -0.2) is 0 Å². The van der Waals surface area contributed by atoms with Crippen molar-refractivity contribution in [2.24, 2.45) is 0 Å². The molecule has 0 saturated carbocycles. The van der Waals surface area contributed by atoms with Crippen LogP contribution in [0.3, 0.4) is 0 Å².